The molecule has 1 amide bonds. The number of nitrogens with one attached hydrogen (secondary N) is 1. The molecular weight excluding hydrogens is 298 g/mol. The highest BCUT2D eigenvalue weighted by Gasteiger charge is 2.38. The summed E-state index contributed by atoms with van der Waals surface area (Å²) < 4.78 is 7.13. The van der Waals surface area contributed by atoms with Crippen molar-refractivity contribution >= 4 is 5.91 Å². The SMILES string of the molecule is O=C(CC1(n2cnnn2)CCOCC1)N[C@@H]1CCCCC[C@H]1O. The average molecular weight is 323 g/mol. The number of hydrogen-bond acceptors (Lipinski definition) is 6. The molecule has 2 fully saturated rings. The van der Waals surface area contributed by atoms with Crippen LogP contribution in [0.25, 0.3) is 0 Å². The van der Waals surface area contributed by atoms with Gasteiger partial charge in [0.1, 0.15) is 6.33 Å². The lowest BCUT2D eigenvalue weighted by Crippen LogP contribution is -2.48. The smallest absolute Gasteiger partial charge is 0.222 e. The number of aliphatic hydroxyl groups is 1. The minimum Gasteiger partial charge on any atom is -0.391 e. The van der Waals surface area contributed by atoms with E-state index in [0.29, 0.717) is 32.5 Å². The van der Waals surface area contributed by atoms with Crippen LogP contribution >= 0.6 is 0 Å². The number of carbonyl (C=O) groups is 1. The predicted octanol–water partition coefficient (Wildman–Crippen LogP) is 0.379. The van der Waals surface area contributed by atoms with Crippen LogP contribution in [0.4, 0.5) is 0 Å². The number of amides is 1. The summed E-state index contributed by atoms with van der Waals surface area (Å²) in [6.07, 6.45) is 7.65. The van der Waals surface area contributed by atoms with Crippen molar-refractivity contribution in [2.75, 3.05) is 13.2 Å². The predicted molar refractivity (Wildman–Crippen MR) is 81.5 cm³/mol. The molecular formula is C15H25N5O3. The molecule has 2 atom stereocenters. The van der Waals surface area contributed by atoms with Crippen LogP contribution in [0.2, 0.25) is 0 Å². The summed E-state index contributed by atoms with van der Waals surface area (Å²) in [5, 5.41) is 24.6. The molecule has 3 rings (SSSR count). The van der Waals surface area contributed by atoms with Crippen molar-refractivity contribution < 1.29 is 14.6 Å². The Morgan fingerprint density at radius 3 is 2.83 bits per heavy atom. The Hall–Kier alpha value is -1.54. The number of rotatable bonds is 4. The fraction of sp³-hybridized carbons (Fsp3) is 0.867. The third-order valence-electron chi connectivity index (χ3n) is 5.07. The summed E-state index contributed by atoms with van der Waals surface area (Å²) in [4.78, 5) is 12.6. The molecule has 2 heterocycles. The lowest BCUT2D eigenvalue weighted by Gasteiger charge is -2.36. The first-order chi connectivity index (χ1) is 11.2. The molecule has 1 saturated heterocycles. The fourth-order valence-electron chi connectivity index (χ4n) is 3.63. The minimum absolute atomic E-state index is 0.0478. The molecule has 0 spiro atoms. The van der Waals surface area contributed by atoms with Crippen molar-refractivity contribution in [2.24, 2.45) is 0 Å². The van der Waals surface area contributed by atoms with Gasteiger partial charge >= 0.3 is 0 Å². The van der Waals surface area contributed by atoms with E-state index in [1.54, 1.807) is 11.0 Å². The van der Waals surface area contributed by atoms with Gasteiger partial charge < -0.3 is 15.2 Å². The highest BCUT2D eigenvalue weighted by molar-refractivity contribution is 5.77. The zero-order valence-electron chi connectivity index (χ0n) is 13.4. The number of nitrogens with zero attached hydrogens (tertiary/aromatic N) is 4. The van der Waals surface area contributed by atoms with Gasteiger partial charge in [0.15, 0.2) is 0 Å². The molecule has 1 saturated carbocycles. The van der Waals surface area contributed by atoms with Crippen LogP contribution in [0.5, 0.6) is 0 Å². The molecule has 0 bridgehead atoms. The summed E-state index contributed by atoms with van der Waals surface area (Å²) in [5.41, 5.74) is -0.429. The molecule has 2 aliphatic rings. The summed E-state index contributed by atoms with van der Waals surface area (Å²) in [5.74, 6) is -0.0478. The van der Waals surface area contributed by atoms with Gasteiger partial charge in [0, 0.05) is 13.2 Å². The van der Waals surface area contributed by atoms with Crippen molar-refractivity contribution in [1.29, 1.82) is 0 Å². The van der Waals surface area contributed by atoms with Gasteiger partial charge in [-0.05, 0) is 36.1 Å². The first kappa shape index (κ1) is 16.3. The standard InChI is InChI=1S/C15H25N5O3/c21-13-5-3-1-2-4-12(13)17-14(22)10-15(6-8-23-9-7-15)20-11-16-18-19-20/h11-13,21H,1-10H2,(H,17,22)/t12-,13-/m1/s1. The van der Waals surface area contributed by atoms with Crippen LogP contribution in [-0.4, -0.2) is 56.6 Å². The largest absolute Gasteiger partial charge is 0.391 e. The van der Waals surface area contributed by atoms with E-state index in [1.165, 1.54) is 0 Å². The number of ether oxygens (including phenoxy) is 1. The fourth-order valence-corrected chi connectivity index (χ4v) is 3.63. The van der Waals surface area contributed by atoms with Gasteiger partial charge in [-0.25, -0.2) is 4.68 Å². The molecule has 128 valence electrons. The highest BCUT2D eigenvalue weighted by atomic mass is 16.5. The lowest BCUT2D eigenvalue weighted by atomic mass is 9.86. The maximum Gasteiger partial charge on any atom is 0.222 e. The third-order valence-corrected chi connectivity index (χ3v) is 5.07. The Labute approximate surface area is 135 Å². The Morgan fingerprint density at radius 2 is 2.09 bits per heavy atom. The summed E-state index contributed by atoms with van der Waals surface area (Å²) in [6, 6.07) is -0.143. The number of aliphatic hydroxyl groups excluding tert-OH is 1. The van der Waals surface area contributed by atoms with Crippen molar-refractivity contribution in [3.05, 3.63) is 6.33 Å². The van der Waals surface area contributed by atoms with E-state index < -0.39 is 11.6 Å². The van der Waals surface area contributed by atoms with Crippen LogP contribution in [0.1, 0.15) is 51.4 Å². The molecule has 1 aliphatic carbocycles. The van der Waals surface area contributed by atoms with Crippen molar-refractivity contribution in [3.63, 3.8) is 0 Å². The van der Waals surface area contributed by atoms with E-state index in [9.17, 15) is 9.90 Å². The zero-order valence-corrected chi connectivity index (χ0v) is 13.4. The van der Waals surface area contributed by atoms with E-state index >= 15 is 0 Å². The molecule has 1 aromatic heterocycles. The van der Waals surface area contributed by atoms with Crippen molar-refractivity contribution in [3.8, 4) is 0 Å². The number of hydrogen-bond donors (Lipinski definition) is 2. The molecule has 1 aromatic rings. The molecule has 2 N–H and O–H groups in total. The number of tetrazole rings is 1. The van der Waals surface area contributed by atoms with E-state index in [0.717, 1.165) is 32.1 Å². The van der Waals surface area contributed by atoms with E-state index in [-0.39, 0.29) is 11.9 Å². The maximum absolute atomic E-state index is 12.6. The Balaban J connectivity index is 1.66. The van der Waals surface area contributed by atoms with Crippen LogP contribution in [0.15, 0.2) is 6.33 Å². The maximum atomic E-state index is 12.6. The number of aromatic nitrogens is 4. The van der Waals surface area contributed by atoms with Gasteiger partial charge in [-0.3, -0.25) is 4.79 Å². The normalized spacial score (nSPS) is 28.0. The van der Waals surface area contributed by atoms with Crippen molar-refractivity contribution in [1.82, 2.24) is 25.5 Å². The van der Waals surface area contributed by atoms with Crippen molar-refractivity contribution in [2.45, 2.75) is 69.1 Å². The van der Waals surface area contributed by atoms with Gasteiger partial charge in [-0.15, -0.1) is 5.10 Å². The second kappa shape index (κ2) is 7.35. The van der Waals surface area contributed by atoms with Crippen LogP contribution in [0.3, 0.4) is 0 Å². The quantitative estimate of drug-likeness (QED) is 0.777. The molecule has 23 heavy (non-hydrogen) atoms. The summed E-state index contributed by atoms with van der Waals surface area (Å²) >= 11 is 0. The van der Waals surface area contributed by atoms with Gasteiger partial charge in [-0.2, -0.15) is 0 Å². The topological polar surface area (TPSA) is 102 Å². The molecule has 1 aliphatic heterocycles. The minimum atomic E-state index is -0.444. The monoisotopic (exact) mass is 323 g/mol. The highest BCUT2D eigenvalue weighted by Crippen LogP contribution is 2.32. The van der Waals surface area contributed by atoms with E-state index in [4.69, 9.17) is 4.74 Å². The average Bonchev–Trinajstić information content (AvgIpc) is 3.02. The lowest BCUT2D eigenvalue weighted by molar-refractivity contribution is -0.126. The number of carbonyl (C=O) groups excluding carboxylic acids is 1. The second-order valence-corrected chi connectivity index (χ2v) is 6.65. The molecule has 8 nitrogen and oxygen atoms in total. The molecule has 0 unspecified atom stereocenters. The summed E-state index contributed by atoms with van der Waals surface area (Å²) in [7, 11) is 0. The van der Waals surface area contributed by atoms with Gasteiger partial charge in [-0.1, -0.05) is 19.3 Å². The van der Waals surface area contributed by atoms with Crippen LogP contribution in [-0.2, 0) is 15.1 Å². The molecule has 0 aromatic carbocycles. The Bertz CT molecular complexity index is 501. The molecule has 8 heteroatoms. The molecule has 0 radical (unpaired) electrons. The first-order valence-corrected chi connectivity index (χ1v) is 8.48. The van der Waals surface area contributed by atoms with Crippen LogP contribution in [0, 0.1) is 0 Å². The van der Waals surface area contributed by atoms with E-state index in [1.807, 2.05) is 0 Å². The van der Waals surface area contributed by atoms with E-state index in [2.05, 4.69) is 20.8 Å². The third kappa shape index (κ3) is 3.87. The van der Waals surface area contributed by atoms with Gasteiger partial charge in [0.25, 0.3) is 0 Å². The summed E-state index contributed by atoms with van der Waals surface area (Å²) in [6.45, 7) is 1.19. The zero-order chi connectivity index (χ0) is 16.1. The second-order valence-electron chi connectivity index (χ2n) is 6.65. The Kier molecular flexibility index (Phi) is 5.22. The first-order valence-electron chi connectivity index (χ1n) is 8.48. The van der Waals surface area contributed by atoms with Gasteiger partial charge in [0.05, 0.1) is 24.1 Å². The Morgan fingerprint density at radius 1 is 1.30 bits per heavy atom. The van der Waals surface area contributed by atoms with Crippen LogP contribution < -0.4 is 5.32 Å². The van der Waals surface area contributed by atoms with Gasteiger partial charge in [0.2, 0.25) is 5.91 Å².